The Labute approximate surface area is 268 Å². The molecule has 214 valence electrons. The lowest BCUT2D eigenvalue weighted by Gasteiger charge is -2.21. The molecule has 9 aromatic rings. The molecule has 0 N–H and O–H groups in total. The van der Waals surface area contributed by atoms with Crippen LogP contribution in [0.15, 0.2) is 182 Å². The quantitative estimate of drug-likeness (QED) is 0.181. The molecule has 9 rings (SSSR count). The lowest BCUT2D eigenvalue weighted by Crippen LogP contribution is -1.93. The van der Waals surface area contributed by atoms with Gasteiger partial charge in [-0.2, -0.15) is 0 Å². The molecule has 0 aliphatic carbocycles. The Morgan fingerprint density at radius 3 is 0.739 bits per heavy atom. The topological polar surface area (TPSA) is 0 Å². The molecule has 0 fully saturated rings. The van der Waals surface area contributed by atoms with Gasteiger partial charge in [0.05, 0.1) is 0 Å². The van der Waals surface area contributed by atoms with Crippen LogP contribution in [0.3, 0.4) is 0 Å². The van der Waals surface area contributed by atoms with Crippen LogP contribution in [-0.2, 0) is 0 Å². The first kappa shape index (κ1) is 26.4. The number of hydrogen-bond donors (Lipinski definition) is 0. The summed E-state index contributed by atoms with van der Waals surface area (Å²) in [5.74, 6) is 0. The van der Waals surface area contributed by atoms with E-state index < -0.39 is 0 Å². The van der Waals surface area contributed by atoms with Crippen molar-refractivity contribution in [3.05, 3.63) is 182 Å². The van der Waals surface area contributed by atoms with Crippen molar-refractivity contribution in [2.45, 2.75) is 0 Å². The lowest BCUT2D eigenvalue weighted by molar-refractivity contribution is 1.64. The van der Waals surface area contributed by atoms with Crippen LogP contribution in [0.5, 0.6) is 0 Å². The van der Waals surface area contributed by atoms with Crippen molar-refractivity contribution >= 4 is 43.1 Å². The molecule has 0 radical (unpaired) electrons. The number of rotatable bonds is 4. The van der Waals surface area contributed by atoms with E-state index >= 15 is 0 Å². The first-order valence-electron chi connectivity index (χ1n) is 16.0. The van der Waals surface area contributed by atoms with Crippen LogP contribution in [0.4, 0.5) is 0 Å². The minimum atomic E-state index is 1.24. The summed E-state index contributed by atoms with van der Waals surface area (Å²) in [5, 5.41) is 10.1. The van der Waals surface area contributed by atoms with E-state index in [-0.39, 0.29) is 0 Å². The van der Waals surface area contributed by atoms with E-state index in [2.05, 4.69) is 182 Å². The molecule has 0 heterocycles. The van der Waals surface area contributed by atoms with Gasteiger partial charge in [-0.25, -0.2) is 0 Å². The third kappa shape index (κ3) is 4.15. The smallest absolute Gasteiger partial charge is 0.00201 e. The molecule has 9 aromatic carbocycles. The molecular formula is C46H30. The van der Waals surface area contributed by atoms with Crippen molar-refractivity contribution in [2.24, 2.45) is 0 Å². The predicted octanol–water partition coefficient (Wildman–Crippen LogP) is 13.0. The maximum absolute atomic E-state index is 2.34. The van der Waals surface area contributed by atoms with Crippen LogP contribution in [0.25, 0.3) is 87.6 Å². The van der Waals surface area contributed by atoms with E-state index in [0.29, 0.717) is 0 Å². The fourth-order valence-corrected chi connectivity index (χ4v) is 7.48. The third-order valence-corrected chi connectivity index (χ3v) is 9.49. The summed E-state index contributed by atoms with van der Waals surface area (Å²) >= 11 is 0. The van der Waals surface area contributed by atoms with Gasteiger partial charge in [0.25, 0.3) is 0 Å². The minimum Gasteiger partial charge on any atom is -0.0622 e. The average Bonchev–Trinajstić information content (AvgIpc) is 3.14. The fraction of sp³-hybridized carbons (Fsp3) is 0. The summed E-state index contributed by atoms with van der Waals surface area (Å²) in [6.45, 7) is 0. The van der Waals surface area contributed by atoms with E-state index in [1.807, 2.05) is 0 Å². The van der Waals surface area contributed by atoms with Gasteiger partial charge >= 0.3 is 0 Å². The Hall–Kier alpha value is -5.98. The summed E-state index contributed by atoms with van der Waals surface area (Å²) < 4.78 is 0. The van der Waals surface area contributed by atoms with Gasteiger partial charge in [-0.1, -0.05) is 182 Å². The van der Waals surface area contributed by atoms with E-state index in [1.54, 1.807) is 0 Å². The maximum atomic E-state index is 2.34. The Balaban J connectivity index is 1.37. The summed E-state index contributed by atoms with van der Waals surface area (Å²) in [7, 11) is 0. The van der Waals surface area contributed by atoms with E-state index in [4.69, 9.17) is 0 Å². The van der Waals surface area contributed by atoms with E-state index in [0.717, 1.165) is 0 Å². The second kappa shape index (κ2) is 10.9. The van der Waals surface area contributed by atoms with E-state index in [9.17, 15) is 0 Å². The van der Waals surface area contributed by atoms with Crippen molar-refractivity contribution in [2.75, 3.05) is 0 Å². The highest BCUT2D eigenvalue weighted by Crippen LogP contribution is 2.48. The molecular weight excluding hydrogens is 553 g/mol. The number of benzene rings is 9. The average molecular weight is 583 g/mol. The van der Waals surface area contributed by atoms with Gasteiger partial charge in [-0.3, -0.25) is 0 Å². The molecule has 46 heavy (non-hydrogen) atoms. The third-order valence-electron chi connectivity index (χ3n) is 9.49. The van der Waals surface area contributed by atoms with Gasteiger partial charge in [-0.05, 0) is 87.6 Å². The summed E-state index contributed by atoms with van der Waals surface area (Å²) in [6.07, 6.45) is 0. The van der Waals surface area contributed by atoms with Crippen LogP contribution >= 0.6 is 0 Å². The molecule has 0 amide bonds. The molecule has 0 unspecified atom stereocenters. The highest BCUT2D eigenvalue weighted by Gasteiger charge is 2.20. The van der Waals surface area contributed by atoms with Gasteiger partial charge in [-0.15, -0.1) is 0 Å². The van der Waals surface area contributed by atoms with Crippen LogP contribution in [0, 0.1) is 0 Å². The normalized spacial score (nSPS) is 11.5. The molecule has 0 atom stereocenters. The Morgan fingerprint density at radius 2 is 0.413 bits per heavy atom. The molecule has 0 heteroatoms. The van der Waals surface area contributed by atoms with E-state index in [1.165, 1.54) is 87.6 Å². The van der Waals surface area contributed by atoms with Crippen molar-refractivity contribution in [1.29, 1.82) is 0 Å². The molecule has 0 aliphatic heterocycles. The lowest BCUT2D eigenvalue weighted by atomic mass is 9.82. The second-order valence-corrected chi connectivity index (χ2v) is 12.0. The van der Waals surface area contributed by atoms with Crippen LogP contribution in [0.2, 0.25) is 0 Å². The number of hydrogen-bond acceptors (Lipinski definition) is 0. The Kier molecular flexibility index (Phi) is 6.25. The second-order valence-electron chi connectivity index (χ2n) is 12.0. The van der Waals surface area contributed by atoms with Gasteiger partial charge in [0.2, 0.25) is 0 Å². The molecule has 0 nitrogen and oxygen atoms in total. The minimum absolute atomic E-state index is 1.24. The van der Waals surface area contributed by atoms with Crippen LogP contribution in [-0.4, -0.2) is 0 Å². The van der Waals surface area contributed by atoms with Crippen molar-refractivity contribution in [3.63, 3.8) is 0 Å². The first-order chi connectivity index (χ1) is 22.9. The molecule has 0 saturated heterocycles. The van der Waals surface area contributed by atoms with Gasteiger partial charge in [0.1, 0.15) is 0 Å². The molecule has 0 aliphatic rings. The standard InChI is InChI=1S/C46H30/c1-3-15-31(16-4-1)33-27-29-43(37-21-9-7-19-35(33)37)45-39-23-11-13-25-41(39)46(42-26-14-12-24-40(42)45)44-30-28-34(32-17-5-2-6-18-32)36-20-8-10-22-38(36)44/h1-30H. The highest BCUT2D eigenvalue weighted by atomic mass is 14.2. The monoisotopic (exact) mass is 582 g/mol. The predicted molar refractivity (Wildman–Crippen MR) is 198 cm³/mol. The van der Waals surface area contributed by atoms with Crippen molar-refractivity contribution in [3.8, 4) is 44.5 Å². The molecule has 0 bridgehead atoms. The van der Waals surface area contributed by atoms with Crippen LogP contribution in [0.1, 0.15) is 0 Å². The summed E-state index contributed by atoms with van der Waals surface area (Å²) in [4.78, 5) is 0. The molecule has 0 spiro atoms. The summed E-state index contributed by atoms with van der Waals surface area (Å²) in [6, 6.07) is 66.4. The van der Waals surface area contributed by atoms with Crippen molar-refractivity contribution in [1.82, 2.24) is 0 Å². The zero-order valence-electron chi connectivity index (χ0n) is 25.3. The maximum Gasteiger partial charge on any atom is -0.00201 e. The Morgan fingerprint density at radius 1 is 0.174 bits per heavy atom. The van der Waals surface area contributed by atoms with Gasteiger partial charge < -0.3 is 0 Å². The largest absolute Gasteiger partial charge is 0.0622 e. The first-order valence-corrected chi connectivity index (χ1v) is 16.0. The fourth-order valence-electron chi connectivity index (χ4n) is 7.48. The summed E-state index contributed by atoms with van der Waals surface area (Å²) in [5.41, 5.74) is 10.1. The SMILES string of the molecule is c1ccc(-c2ccc(-c3c4ccccc4c(-c4ccc(-c5ccccc5)c5ccccc45)c4ccccc34)c3ccccc23)cc1. The van der Waals surface area contributed by atoms with Gasteiger partial charge in [0, 0.05) is 0 Å². The van der Waals surface area contributed by atoms with Crippen LogP contribution < -0.4 is 0 Å². The van der Waals surface area contributed by atoms with Gasteiger partial charge in [0.15, 0.2) is 0 Å². The number of fused-ring (bicyclic) bond motifs is 4. The zero-order valence-corrected chi connectivity index (χ0v) is 25.3. The van der Waals surface area contributed by atoms with Crippen molar-refractivity contribution < 1.29 is 0 Å². The highest BCUT2D eigenvalue weighted by molar-refractivity contribution is 6.26. The zero-order chi connectivity index (χ0) is 30.5. The Bertz CT molecular complexity index is 2320. The molecule has 0 saturated carbocycles. The molecule has 0 aromatic heterocycles.